The van der Waals surface area contributed by atoms with E-state index in [1.807, 2.05) is 38.1 Å². The number of hydrogen-bond acceptors (Lipinski definition) is 5. The van der Waals surface area contributed by atoms with Crippen molar-refractivity contribution in [3.63, 3.8) is 0 Å². The molecule has 28 heavy (non-hydrogen) atoms. The van der Waals surface area contributed by atoms with Gasteiger partial charge >= 0.3 is 0 Å². The Morgan fingerprint density at radius 3 is 2.36 bits per heavy atom. The lowest BCUT2D eigenvalue weighted by Crippen LogP contribution is -2.27. The second kappa shape index (κ2) is 8.28. The largest absolute Gasteiger partial charge is 0.373 e. The summed E-state index contributed by atoms with van der Waals surface area (Å²) in [5.74, 6) is 0. The Labute approximate surface area is 165 Å². The summed E-state index contributed by atoms with van der Waals surface area (Å²) < 4.78 is 26.9. The molecule has 2 aromatic rings. The van der Waals surface area contributed by atoms with Crippen molar-refractivity contribution in [1.29, 1.82) is 0 Å². The van der Waals surface area contributed by atoms with Crippen molar-refractivity contribution in [3.8, 4) is 0 Å². The molecule has 3 rings (SSSR count). The van der Waals surface area contributed by atoms with E-state index >= 15 is 0 Å². The van der Waals surface area contributed by atoms with Crippen LogP contribution in [0.1, 0.15) is 43.4 Å². The molecule has 1 N–H and O–H groups in total. The molecular formula is C20H25N3O4S. The molecule has 0 unspecified atom stereocenters. The maximum Gasteiger partial charge on any atom is 0.293 e. The van der Waals surface area contributed by atoms with Gasteiger partial charge in [-0.25, -0.2) is 8.42 Å². The summed E-state index contributed by atoms with van der Waals surface area (Å²) in [4.78, 5) is 11.1. The average molecular weight is 404 g/mol. The lowest BCUT2D eigenvalue weighted by atomic mass is 10.0. The summed E-state index contributed by atoms with van der Waals surface area (Å²) in [6.07, 6.45) is 2.36. The summed E-state index contributed by atoms with van der Waals surface area (Å²) in [6.45, 7) is 4.92. The van der Waals surface area contributed by atoms with Gasteiger partial charge in [0.1, 0.15) is 5.69 Å². The Balaban J connectivity index is 1.93. The first-order chi connectivity index (χ1) is 13.3. The molecule has 0 saturated carbocycles. The van der Waals surface area contributed by atoms with Crippen LogP contribution in [0.2, 0.25) is 0 Å². The molecule has 1 atom stereocenters. The van der Waals surface area contributed by atoms with Crippen LogP contribution in [0.15, 0.2) is 47.4 Å². The molecule has 1 fully saturated rings. The number of nitro groups is 1. The highest BCUT2D eigenvalue weighted by Gasteiger charge is 2.29. The summed E-state index contributed by atoms with van der Waals surface area (Å²) >= 11 is 0. The minimum absolute atomic E-state index is 0.0324. The standard InChI is InChI=1S/C20H25N3O4S/c1-3-18(16-8-6-15(2)7-9-16)21-19-11-10-17(14-20(19)23(24)25)28(26,27)22-12-4-5-13-22/h6-11,14,18,21H,3-5,12-13H2,1-2H3/t18-/m0/s1. The van der Waals surface area contributed by atoms with E-state index in [9.17, 15) is 18.5 Å². The predicted molar refractivity (Wildman–Crippen MR) is 109 cm³/mol. The van der Waals surface area contributed by atoms with Crippen molar-refractivity contribution in [2.24, 2.45) is 0 Å². The number of benzene rings is 2. The zero-order valence-electron chi connectivity index (χ0n) is 16.1. The number of nitrogens with one attached hydrogen (secondary N) is 1. The molecule has 0 spiro atoms. The smallest absolute Gasteiger partial charge is 0.293 e. The highest BCUT2D eigenvalue weighted by Crippen LogP contribution is 2.33. The van der Waals surface area contributed by atoms with Crippen LogP contribution in [0, 0.1) is 17.0 Å². The van der Waals surface area contributed by atoms with Crippen LogP contribution in [0.4, 0.5) is 11.4 Å². The number of anilines is 1. The molecular weight excluding hydrogens is 378 g/mol. The highest BCUT2D eigenvalue weighted by atomic mass is 32.2. The summed E-state index contributed by atoms with van der Waals surface area (Å²) in [7, 11) is -3.70. The first-order valence-electron chi connectivity index (χ1n) is 9.44. The van der Waals surface area contributed by atoms with Crippen LogP contribution in [0.5, 0.6) is 0 Å². The van der Waals surface area contributed by atoms with E-state index in [-0.39, 0.29) is 16.6 Å². The van der Waals surface area contributed by atoms with E-state index in [0.717, 1.165) is 36.5 Å². The van der Waals surface area contributed by atoms with Gasteiger partial charge in [-0.05, 0) is 43.9 Å². The second-order valence-corrected chi connectivity index (χ2v) is 9.00. The normalized spacial score (nSPS) is 16.1. The van der Waals surface area contributed by atoms with Crippen LogP contribution < -0.4 is 5.32 Å². The Kier molecular flexibility index (Phi) is 6.00. The number of hydrogen-bond donors (Lipinski definition) is 1. The van der Waals surface area contributed by atoms with Crippen LogP contribution in [-0.4, -0.2) is 30.7 Å². The van der Waals surface area contributed by atoms with Crippen LogP contribution in [0.25, 0.3) is 0 Å². The highest BCUT2D eigenvalue weighted by molar-refractivity contribution is 7.89. The van der Waals surface area contributed by atoms with E-state index in [4.69, 9.17) is 0 Å². The van der Waals surface area contributed by atoms with Crippen molar-refractivity contribution in [2.75, 3.05) is 18.4 Å². The number of nitro benzene ring substituents is 1. The van der Waals surface area contributed by atoms with Gasteiger partial charge < -0.3 is 5.32 Å². The SMILES string of the molecule is CC[C@H](Nc1ccc(S(=O)(=O)N2CCCC2)cc1[N+](=O)[O-])c1ccc(C)cc1. The topological polar surface area (TPSA) is 92.6 Å². The van der Waals surface area contributed by atoms with Crippen molar-refractivity contribution in [2.45, 2.75) is 44.0 Å². The number of sulfonamides is 1. The van der Waals surface area contributed by atoms with E-state index in [1.54, 1.807) is 0 Å². The molecule has 0 aromatic heterocycles. The Morgan fingerprint density at radius 2 is 1.79 bits per heavy atom. The predicted octanol–water partition coefficient (Wildman–Crippen LogP) is 4.25. The lowest BCUT2D eigenvalue weighted by Gasteiger charge is -2.20. The average Bonchev–Trinajstić information content (AvgIpc) is 3.22. The zero-order chi connectivity index (χ0) is 20.3. The molecule has 150 valence electrons. The molecule has 0 amide bonds. The third-order valence-electron chi connectivity index (χ3n) is 5.09. The molecule has 7 nitrogen and oxygen atoms in total. The first kappa shape index (κ1) is 20.3. The van der Waals surface area contributed by atoms with Gasteiger partial charge in [-0.1, -0.05) is 36.8 Å². The van der Waals surface area contributed by atoms with Crippen LogP contribution in [0.3, 0.4) is 0 Å². The van der Waals surface area contributed by atoms with E-state index < -0.39 is 14.9 Å². The van der Waals surface area contributed by atoms with E-state index in [1.165, 1.54) is 16.4 Å². The van der Waals surface area contributed by atoms with Crippen molar-refractivity contribution in [3.05, 3.63) is 63.7 Å². The minimum Gasteiger partial charge on any atom is -0.373 e. The molecule has 1 heterocycles. The molecule has 0 radical (unpaired) electrons. The Bertz CT molecular complexity index is 952. The van der Waals surface area contributed by atoms with Gasteiger partial charge in [0.15, 0.2) is 0 Å². The zero-order valence-corrected chi connectivity index (χ0v) is 16.9. The second-order valence-electron chi connectivity index (χ2n) is 7.06. The molecule has 1 aliphatic rings. The molecule has 8 heteroatoms. The van der Waals surface area contributed by atoms with E-state index in [0.29, 0.717) is 18.8 Å². The van der Waals surface area contributed by atoms with Gasteiger partial charge in [-0.15, -0.1) is 0 Å². The number of aryl methyl sites for hydroxylation is 1. The summed E-state index contributed by atoms with van der Waals surface area (Å²) in [6, 6.07) is 12.0. The van der Waals surface area contributed by atoms with Gasteiger partial charge in [0, 0.05) is 19.2 Å². The molecule has 0 bridgehead atoms. The number of rotatable bonds is 7. The van der Waals surface area contributed by atoms with Crippen molar-refractivity contribution in [1.82, 2.24) is 4.31 Å². The summed E-state index contributed by atoms with van der Waals surface area (Å²) in [5, 5.41) is 14.8. The lowest BCUT2D eigenvalue weighted by molar-refractivity contribution is -0.384. The Hall–Kier alpha value is -2.45. The monoisotopic (exact) mass is 403 g/mol. The van der Waals surface area contributed by atoms with Gasteiger partial charge in [-0.2, -0.15) is 4.31 Å². The van der Waals surface area contributed by atoms with Crippen molar-refractivity contribution >= 4 is 21.4 Å². The third kappa shape index (κ3) is 4.18. The molecule has 2 aromatic carbocycles. The van der Waals surface area contributed by atoms with Gasteiger partial charge in [-0.3, -0.25) is 10.1 Å². The molecule has 1 saturated heterocycles. The maximum absolute atomic E-state index is 12.7. The molecule has 0 aliphatic carbocycles. The summed E-state index contributed by atoms with van der Waals surface area (Å²) in [5.41, 5.74) is 2.25. The quantitative estimate of drug-likeness (QED) is 0.551. The fraction of sp³-hybridized carbons (Fsp3) is 0.400. The van der Waals surface area contributed by atoms with Gasteiger partial charge in [0.25, 0.3) is 5.69 Å². The molecule has 1 aliphatic heterocycles. The number of nitrogens with zero attached hydrogens (tertiary/aromatic N) is 2. The first-order valence-corrected chi connectivity index (χ1v) is 10.9. The third-order valence-corrected chi connectivity index (χ3v) is 6.98. The van der Waals surface area contributed by atoms with Crippen molar-refractivity contribution < 1.29 is 13.3 Å². The fourth-order valence-corrected chi connectivity index (χ4v) is 4.97. The maximum atomic E-state index is 12.7. The fourth-order valence-electron chi connectivity index (χ4n) is 3.43. The minimum atomic E-state index is -3.70. The van der Waals surface area contributed by atoms with Crippen LogP contribution in [-0.2, 0) is 10.0 Å². The Morgan fingerprint density at radius 1 is 1.14 bits per heavy atom. The van der Waals surface area contributed by atoms with Gasteiger partial charge in [0.2, 0.25) is 10.0 Å². The van der Waals surface area contributed by atoms with E-state index in [2.05, 4.69) is 5.32 Å². The van der Waals surface area contributed by atoms with Gasteiger partial charge in [0.05, 0.1) is 15.9 Å². The van der Waals surface area contributed by atoms with Crippen LogP contribution >= 0.6 is 0 Å².